The summed E-state index contributed by atoms with van der Waals surface area (Å²) >= 11 is 0. The molecule has 0 bridgehead atoms. The molecule has 100 valence electrons. The lowest BCUT2D eigenvalue weighted by Gasteiger charge is -2.37. The van der Waals surface area contributed by atoms with Gasteiger partial charge in [-0.25, -0.2) is 0 Å². The van der Waals surface area contributed by atoms with Crippen molar-refractivity contribution in [2.75, 3.05) is 0 Å². The third-order valence-electron chi connectivity index (χ3n) is 3.62. The van der Waals surface area contributed by atoms with E-state index in [1.54, 1.807) is 0 Å². The molecule has 18 heavy (non-hydrogen) atoms. The Morgan fingerprint density at radius 2 is 1.72 bits per heavy atom. The average molecular weight is 262 g/mol. The number of benzene rings is 1. The Kier molecular flexibility index (Phi) is 4.80. The van der Waals surface area contributed by atoms with Gasteiger partial charge in [0.25, 0.3) is 0 Å². The van der Waals surface area contributed by atoms with Crippen molar-refractivity contribution in [1.29, 1.82) is 0 Å². The molecule has 0 aliphatic heterocycles. The fraction of sp³-hybridized carbons (Fsp3) is 0.500. The lowest BCUT2D eigenvalue weighted by molar-refractivity contribution is 0.456. The van der Waals surface area contributed by atoms with Crippen molar-refractivity contribution in [3.8, 4) is 0 Å². The minimum atomic E-state index is -1.76. The monoisotopic (exact) mass is 262 g/mol. The van der Waals surface area contributed by atoms with E-state index in [4.69, 9.17) is 4.43 Å². The molecule has 0 aliphatic carbocycles. The number of rotatable bonds is 4. The van der Waals surface area contributed by atoms with E-state index >= 15 is 0 Å². The normalized spacial score (nSPS) is 13.6. The molecule has 0 saturated carbocycles. The van der Waals surface area contributed by atoms with E-state index < -0.39 is 8.32 Å². The molecule has 0 unspecified atom stereocenters. The van der Waals surface area contributed by atoms with Gasteiger partial charge in [-0.15, -0.1) is 0 Å². The first kappa shape index (κ1) is 15.0. The molecule has 2 heteroatoms. The molecular formula is C16H26OSi. The Balaban J connectivity index is 3.00. The minimum Gasteiger partial charge on any atom is -0.543 e. The summed E-state index contributed by atoms with van der Waals surface area (Å²) in [6, 6.07) is 10.4. The van der Waals surface area contributed by atoms with Gasteiger partial charge in [-0.05, 0) is 30.6 Å². The molecule has 1 aromatic rings. The molecule has 0 heterocycles. The van der Waals surface area contributed by atoms with Crippen LogP contribution in [0, 0.1) is 0 Å². The van der Waals surface area contributed by atoms with Crippen LogP contribution in [0.5, 0.6) is 0 Å². The van der Waals surface area contributed by atoms with Crippen LogP contribution in [0.4, 0.5) is 0 Å². The molecule has 1 rings (SSSR count). The zero-order valence-electron chi connectivity index (χ0n) is 12.6. The van der Waals surface area contributed by atoms with Gasteiger partial charge in [0.1, 0.15) is 5.76 Å². The quantitative estimate of drug-likeness (QED) is 0.517. The van der Waals surface area contributed by atoms with Gasteiger partial charge in [-0.3, -0.25) is 0 Å². The van der Waals surface area contributed by atoms with Crippen LogP contribution in [-0.2, 0) is 4.43 Å². The first-order chi connectivity index (χ1) is 8.28. The number of hydrogen-bond donors (Lipinski definition) is 0. The van der Waals surface area contributed by atoms with Gasteiger partial charge < -0.3 is 4.43 Å². The molecule has 0 radical (unpaired) electrons. The molecule has 0 aromatic heterocycles. The van der Waals surface area contributed by atoms with Crippen LogP contribution in [0.1, 0.15) is 39.7 Å². The Morgan fingerprint density at radius 3 is 2.17 bits per heavy atom. The van der Waals surface area contributed by atoms with E-state index in [-0.39, 0.29) is 5.04 Å². The number of hydrogen-bond acceptors (Lipinski definition) is 1. The maximum Gasteiger partial charge on any atom is 0.250 e. The molecule has 1 aromatic carbocycles. The van der Waals surface area contributed by atoms with Gasteiger partial charge in [0.05, 0.1) is 0 Å². The molecule has 0 N–H and O–H groups in total. The molecule has 0 saturated heterocycles. The first-order valence-corrected chi connectivity index (χ1v) is 9.63. The van der Waals surface area contributed by atoms with Crippen LogP contribution in [0.15, 0.2) is 36.4 Å². The van der Waals surface area contributed by atoms with Crippen LogP contribution in [0.25, 0.3) is 5.76 Å². The summed E-state index contributed by atoms with van der Waals surface area (Å²) in [4.78, 5) is 0. The summed E-state index contributed by atoms with van der Waals surface area (Å²) in [5.74, 6) is 1.05. The van der Waals surface area contributed by atoms with Crippen LogP contribution >= 0.6 is 0 Å². The zero-order chi connectivity index (χ0) is 13.8. The molecule has 1 nitrogen and oxygen atoms in total. The second-order valence-electron chi connectivity index (χ2n) is 6.21. The second-order valence-corrected chi connectivity index (χ2v) is 10.9. The second kappa shape index (κ2) is 5.74. The van der Waals surface area contributed by atoms with Gasteiger partial charge >= 0.3 is 0 Å². The van der Waals surface area contributed by atoms with E-state index in [1.165, 1.54) is 5.56 Å². The van der Waals surface area contributed by atoms with Crippen molar-refractivity contribution in [3.63, 3.8) is 0 Å². The molecular weight excluding hydrogens is 236 g/mol. The number of allylic oxidation sites excluding steroid dienone is 1. The molecule has 0 fully saturated rings. The summed E-state index contributed by atoms with van der Waals surface area (Å²) in [6.45, 7) is 13.5. The lowest BCUT2D eigenvalue weighted by Crippen LogP contribution is -2.40. The maximum absolute atomic E-state index is 6.43. The van der Waals surface area contributed by atoms with E-state index in [0.29, 0.717) is 0 Å². The predicted octanol–water partition coefficient (Wildman–Crippen LogP) is 5.46. The van der Waals surface area contributed by atoms with Crippen LogP contribution < -0.4 is 0 Å². The maximum atomic E-state index is 6.43. The van der Waals surface area contributed by atoms with E-state index in [2.05, 4.69) is 71.1 Å². The summed E-state index contributed by atoms with van der Waals surface area (Å²) in [5, 5.41) is 0.231. The first-order valence-electron chi connectivity index (χ1n) is 6.72. The van der Waals surface area contributed by atoms with Crippen molar-refractivity contribution in [1.82, 2.24) is 0 Å². The van der Waals surface area contributed by atoms with Gasteiger partial charge in [0.2, 0.25) is 8.32 Å². The molecule has 0 spiro atoms. The summed E-state index contributed by atoms with van der Waals surface area (Å²) in [6.07, 6.45) is 3.19. The van der Waals surface area contributed by atoms with E-state index in [1.807, 2.05) is 6.07 Å². The van der Waals surface area contributed by atoms with Gasteiger partial charge in [-0.1, -0.05) is 58.0 Å². The molecule has 0 amide bonds. The SMILES string of the molecule is CCC=C(O[Si](C)(C)C(C)(C)C)c1ccccc1. The molecule has 0 aliphatic rings. The highest BCUT2D eigenvalue weighted by Gasteiger charge is 2.39. The van der Waals surface area contributed by atoms with Gasteiger partial charge in [0.15, 0.2) is 0 Å². The van der Waals surface area contributed by atoms with Crippen LogP contribution in [-0.4, -0.2) is 8.32 Å². The highest BCUT2D eigenvalue weighted by atomic mass is 28.4. The van der Waals surface area contributed by atoms with Crippen molar-refractivity contribution in [3.05, 3.63) is 42.0 Å². The third kappa shape index (κ3) is 3.74. The Labute approximate surface area is 113 Å². The summed E-state index contributed by atoms with van der Waals surface area (Å²) in [5.41, 5.74) is 1.18. The predicted molar refractivity (Wildman–Crippen MR) is 83.0 cm³/mol. The summed E-state index contributed by atoms with van der Waals surface area (Å²) in [7, 11) is -1.76. The van der Waals surface area contributed by atoms with E-state index in [0.717, 1.165) is 12.2 Å². The molecule has 0 atom stereocenters. The topological polar surface area (TPSA) is 9.23 Å². The van der Waals surface area contributed by atoms with Crippen molar-refractivity contribution in [2.24, 2.45) is 0 Å². The highest BCUT2D eigenvalue weighted by molar-refractivity contribution is 6.74. The average Bonchev–Trinajstić information content (AvgIpc) is 2.28. The standard InChI is InChI=1S/C16H26OSi/c1-7-11-15(14-12-9-8-10-13-14)17-18(5,6)16(2,3)4/h8-13H,7H2,1-6H3. The smallest absolute Gasteiger partial charge is 0.250 e. The van der Waals surface area contributed by atoms with Gasteiger partial charge in [-0.2, -0.15) is 0 Å². The Morgan fingerprint density at radius 1 is 1.17 bits per heavy atom. The van der Waals surface area contributed by atoms with Crippen LogP contribution in [0.3, 0.4) is 0 Å². The van der Waals surface area contributed by atoms with Gasteiger partial charge in [0, 0.05) is 5.56 Å². The van der Waals surface area contributed by atoms with Crippen LogP contribution in [0.2, 0.25) is 18.1 Å². The third-order valence-corrected chi connectivity index (χ3v) is 7.96. The van der Waals surface area contributed by atoms with E-state index in [9.17, 15) is 0 Å². The fourth-order valence-electron chi connectivity index (χ4n) is 1.43. The summed E-state index contributed by atoms with van der Waals surface area (Å²) < 4.78 is 6.43. The largest absolute Gasteiger partial charge is 0.543 e. The Bertz CT molecular complexity index is 399. The highest BCUT2D eigenvalue weighted by Crippen LogP contribution is 2.39. The van der Waals surface area contributed by atoms with Crippen molar-refractivity contribution >= 4 is 14.1 Å². The lowest BCUT2D eigenvalue weighted by atomic mass is 10.2. The zero-order valence-corrected chi connectivity index (χ0v) is 13.6. The minimum absolute atomic E-state index is 0.231. The van der Waals surface area contributed by atoms with Crippen molar-refractivity contribution < 1.29 is 4.43 Å². The fourth-order valence-corrected chi connectivity index (χ4v) is 2.49. The van der Waals surface area contributed by atoms with Crippen molar-refractivity contribution in [2.45, 2.75) is 52.2 Å². The Hall–Kier alpha value is -1.02.